The third-order valence-corrected chi connectivity index (χ3v) is 4.36. The maximum absolute atomic E-state index is 9.70. The Kier molecular flexibility index (Phi) is 4.16. The number of aliphatic hydroxyl groups excluding tert-OH is 1. The van der Waals surface area contributed by atoms with Crippen LogP contribution in [0.15, 0.2) is 12.1 Å². The highest BCUT2D eigenvalue weighted by Crippen LogP contribution is 2.31. The van der Waals surface area contributed by atoms with E-state index in [1.54, 1.807) is 0 Å². The zero-order chi connectivity index (χ0) is 14.0. The lowest BCUT2D eigenvalue weighted by molar-refractivity contribution is 0.149. The second-order valence-electron chi connectivity index (χ2n) is 5.96. The van der Waals surface area contributed by atoms with Gasteiger partial charge >= 0.3 is 0 Å². The maximum atomic E-state index is 9.70. The van der Waals surface area contributed by atoms with Gasteiger partial charge < -0.3 is 15.3 Å². The normalized spacial score (nSPS) is 23.7. The summed E-state index contributed by atoms with van der Waals surface area (Å²) < 4.78 is 0. The number of piperidine rings is 1. The molecule has 0 aliphatic carbocycles. The number of nitrogens with zero attached hydrogens (tertiary/aromatic N) is 1. The molecule has 1 fully saturated rings. The molecule has 1 aliphatic rings. The molecule has 2 N–H and O–H groups in total. The summed E-state index contributed by atoms with van der Waals surface area (Å²) in [6.07, 6.45) is 2.16. The maximum Gasteiger partial charge on any atom is 0.0630 e. The zero-order valence-corrected chi connectivity index (χ0v) is 12.6. The van der Waals surface area contributed by atoms with Crippen LogP contribution in [0.25, 0.3) is 0 Å². The molecule has 106 valence electrons. The van der Waals surface area contributed by atoms with Gasteiger partial charge in [0.2, 0.25) is 0 Å². The van der Waals surface area contributed by atoms with Crippen molar-refractivity contribution in [3.05, 3.63) is 28.8 Å². The zero-order valence-electron chi connectivity index (χ0n) is 12.6. The first-order valence-electron chi connectivity index (χ1n) is 7.14. The van der Waals surface area contributed by atoms with Gasteiger partial charge in [-0.2, -0.15) is 0 Å². The van der Waals surface area contributed by atoms with Gasteiger partial charge in [0, 0.05) is 18.8 Å². The van der Waals surface area contributed by atoms with Crippen LogP contribution in [0.4, 0.5) is 5.69 Å². The van der Waals surface area contributed by atoms with E-state index in [1.165, 1.54) is 22.4 Å². The quantitative estimate of drug-likeness (QED) is 0.876. The van der Waals surface area contributed by atoms with Gasteiger partial charge in [-0.3, -0.25) is 0 Å². The number of anilines is 1. The van der Waals surface area contributed by atoms with Gasteiger partial charge in [-0.25, -0.2) is 0 Å². The Morgan fingerprint density at radius 1 is 1.26 bits per heavy atom. The van der Waals surface area contributed by atoms with Crippen molar-refractivity contribution in [2.45, 2.75) is 39.2 Å². The number of aliphatic hydroxyl groups is 1. The molecule has 0 bridgehead atoms. The molecular formula is C16H26N2O. The Labute approximate surface area is 116 Å². The number of benzene rings is 1. The van der Waals surface area contributed by atoms with E-state index in [0.29, 0.717) is 0 Å². The fourth-order valence-electron chi connectivity index (χ4n) is 3.41. The van der Waals surface area contributed by atoms with Crippen molar-refractivity contribution in [1.82, 2.24) is 5.32 Å². The van der Waals surface area contributed by atoms with Gasteiger partial charge in [0.25, 0.3) is 0 Å². The minimum absolute atomic E-state index is 0.151. The standard InChI is InChI=1S/C16H26N2O/c1-12-8-13(2)15(14(3)9-12)18-7-5-6-16(10-18,11-19)17-4/h8-9,17,19H,5-7,10-11H2,1-4H3. The van der Waals surface area contributed by atoms with E-state index in [-0.39, 0.29) is 12.1 Å². The van der Waals surface area contributed by atoms with Crippen molar-refractivity contribution in [3.63, 3.8) is 0 Å². The van der Waals surface area contributed by atoms with Crippen LogP contribution in [-0.4, -0.2) is 37.4 Å². The van der Waals surface area contributed by atoms with Crippen LogP contribution in [0.5, 0.6) is 0 Å². The van der Waals surface area contributed by atoms with Crippen LogP contribution in [0.1, 0.15) is 29.5 Å². The summed E-state index contributed by atoms with van der Waals surface area (Å²) in [6, 6.07) is 4.49. The molecule has 0 aromatic heterocycles. The Bertz CT molecular complexity index is 429. The van der Waals surface area contributed by atoms with Crippen molar-refractivity contribution in [3.8, 4) is 0 Å². The number of hydrogen-bond acceptors (Lipinski definition) is 3. The van der Waals surface area contributed by atoms with Gasteiger partial charge in [0.05, 0.1) is 12.1 Å². The molecule has 0 spiro atoms. The Balaban J connectivity index is 2.32. The average molecular weight is 262 g/mol. The molecular weight excluding hydrogens is 236 g/mol. The van der Waals surface area contributed by atoms with E-state index in [1.807, 2.05) is 7.05 Å². The third kappa shape index (κ3) is 2.77. The van der Waals surface area contributed by atoms with Gasteiger partial charge in [0.15, 0.2) is 0 Å². The molecule has 3 heteroatoms. The summed E-state index contributed by atoms with van der Waals surface area (Å²) in [5.74, 6) is 0. The summed E-state index contributed by atoms with van der Waals surface area (Å²) in [4.78, 5) is 2.43. The second-order valence-corrected chi connectivity index (χ2v) is 5.96. The summed E-state index contributed by atoms with van der Waals surface area (Å²) in [5.41, 5.74) is 5.18. The lowest BCUT2D eigenvalue weighted by atomic mass is 9.88. The fourth-order valence-corrected chi connectivity index (χ4v) is 3.41. The number of hydrogen-bond donors (Lipinski definition) is 2. The molecule has 1 atom stereocenters. The molecule has 1 aromatic rings. The summed E-state index contributed by atoms with van der Waals surface area (Å²) in [6.45, 7) is 8.67. The largest absolute Gasteiger partial charge is 0.394 e. The van der Waals surface area contributed by atoms with Gasteiger partial charge in [-0.15, -0.1) is 0 Å². The Morgan fingerprint density at radius 2 is 1.89 bits per heavy atom. The van der Waals surface area contributed by atoms with E-state index >= 15 is 0 Å². The van der Waals surface area contributed by atoms with Crippen molar-refractivity contribution in [2.75, 3.05) is 31.6 Å². The van der Waals surface area contributed by atoms with Gasteiger partial charge in [-0.1, -0.05) is 17.7 Å². The van der Waals surface area contributed by atoms with Crippen molar-refractivity contribution >= 4 is 5.69 Å². The molecule has 1 heterocycles. The molecule has 1 aromatic carbocycles. The van der Waals surface area contributed by atoms with Crippen LogP contribution in [0.3, 0.4) is 0 Å². The van der Waals surface area contributed by atoms with Crippen LogP contribution >= 0.6 is 0 Å². The first-order chi connectivity index (χ1) is 9.01. The van der Waals surface area contributed by atoms with Crippen molar-refractivity contribution in [1.29, 1.82) is 0 Å². The number of aryl methyl sites for hydroxylation is 3. The topological polar surface area (TPSA) is 35.5 Å². The highest BCUT2D eigenvalue weighted by Gasteiger charge is 2.34. The third-order valence-electron chi connectivity index (χ3n) is 4.36. The number of rotatable bonds is 3. The average Bonchev–Trinajstić information content (AvgIpc) is 2.37. The smallest absolute Gasteiger partial charge is 0.0630 e. The van der Waals surface area contributed by atoms with E-state index in [0.717, 1.165) is 25.9 Å². The van der Waals surface area contributed by atoms with Crippen LogP contribution in [-0.2, 0) is 0 Å². The predicted molar refractivity (Wildman–Crippen MR) is 81.0 cm³/mol. The monoisotopic (exact) mass is 262 g/mol. The number of nitrogens with one attached hydrogen (secondary N) is 1. The summed E-state index contributed by atoms with van der Waals surface area (Å²) >= 11 is 0. The Hall–Kier alpha value is -1.06. The van der Waals surface area contributed by atoms with Crippen molar-refractivity contribution < 1.29 is 5.11 Å². The Morgan fingerprint density at radius 3 is 2.42 bits per heavy atom. The van der Waals surface area contributed by atoms with Crippen LogP contribution in [0.2, 0.25) is 0 Å². The number of likely N-dealkylation sites (N-methyl/N-ethyl adjacent to an activating group) is 1. The lowest BCUT2D eigenvalue weighted by Crippen LogP contribution is -2.58. The SMILES string of the molecule is CNC1(CO)CCCN(c2c(C)cc(C)cc2C)C1. The first-order valence-corrected chi connectivity index (χ1v) is 7.14. The lowest BCUT2D eigenvalue weighted by Gasteiger charge is -2.43. The highest BCUT2D eigenvalue weighted by atomic mass is 16.3. The predicted octanol–water partition coefficient (Wildman–Crippen LogP) is 2.16. The fraction of sp³-hybridized carbons (Fsp3) is 0.625. The van der Waals surface area contributed by atoms with Gasteiger partial charge in [-0.05, 0) is 51.8 Å². The van der Waals surface area contributed by atoms with E-state index in [2.05, 4.69) is 43.1 Å². The highest BCUT2D eigenvalue weighted by molar-refractivity contribution is 5.60. The van der Waals surface area contributed by atoms with Crippen LogP contribution < -0.4 is 10.2 Å². The molecule has 2 rings (SSSR count). The van der Waals surface area contributed by atoms with E-state index < -0.39 is 0 Å². The molecule has 0 amide bonds. The first kappa shape index (κ1) is 14.4. The molecule has 0 saturated carbocycles. The van der Waals surface area contributed by atoms with Crippen molar-refractivity contribution in [2.24, 2.45) is 0 Å². The summed E-state index contributed by atoms with van der Waals surface area (Å²) in [7, 11) is 1.95. The molecule has 19 heavy (non-hydrogen) atoms. The molecule has 1 unspecified atom stereocenters. The molecule has 1 aliphatic heterocycles. The molecule has 0 radical (unpaired) electrons. The second kappa shape index (κ2) is 5.51. The van der Waals surface area contributed by atoms with E-state index in [9.17, 15) is 5.11 Å². The minimum atomic E-state index is -0.151. The minimum Gasteiger partial charge on any atom is -0.394 e. The van der Waals surface area contributed by atoms with Crippen LogP contribution in [0, 0.1) is 20.8 Å². The van der Waals surface area contributed by atoms with E-state index in [4.69, 9.17) is 0 Å². The summed E-state index contributed by atoms with van der Waals surface area (Å²) in [5, 5.41) is 13.0. The van der Waals surface area contributed by atoms with Gasteiger partial charge in [0.1, 0.15) is 0 Å². The molecule has 3 nitrogen and oxygen atoms in total. The molecule has 1 saturated heterocycles.